The van der Waals surface area contributed by atoms with Crippen LogP contribution >= 0.6 is 11.6 Å². The van der Waals surface area contributed by atoms with Crippen LogP contribution in [0, 0.1) is 6.92 Å². The molecule has 7 heteroatoms. The van der Waals surface area contributed by atoms with E-state index in [-0.39, 0.29) is 12.5 Å². The van der Waals surface area contributed by atoms with Crippen LogP contribution in [0.4, 0.5) is 5.69 Å². The molecular formula is C23H24ClN5O. The van der Waals surface area contributed by atoms with Gasteiger partial charge < -0.3 is 4.90 Å². The van der Waals surface area contributed by atoms with Crippen LogP contribution < -0.4 is 10.3 Å². The van der Waals surface area contributed by atoms with Crippen LogP contribution in [0.1, 0.15) is 28.8 Å². The molecule has 0 bridgehead atoms. The van der Waals surface area contributed by atoms with E-state index < -0.39 is 0 Å². The second kappa shape index (κ2) is 9.13. The van der Waals surface area contributed by atoms with Gasteiger partial charge in [-0.3, -0.25) is 4.79 Å². The maximum atomic E-state index is 12.4. The molecule has 0 atom stereocenters. The summed E-state index contributed by atoms with van der Waals surface area (Å²) in [5, 5.41) is 9.11. The number of halogens is 1. The molecule has 0 radical (unpaired) electrons. The number of hydrogen-bond acceptors (Lipinski definition) is 4. The Morgan fingerprint density at radius 2 is 1.97 bits per heavy atom. The standard InChI is InChI=1S/C23H24ClN5O/c1-17-20(23(24)29(27-17)15-18-8-3-2-4-9-18)14-25-26-22(30)16-28-13-7-11-19-10-5-6-12-21(19)28/h2-6,8-10,12,14H,7,11,13,15-16H2,1H3,(H,26,30)/b25-14+. The molecule has 0 spiro atoms. The summed E-state index contributed by atoms with van der Waals surface area (Å²) in [4.78, 5) is 14.5. The summed E-state index contributed by atoms with van der Waals surface area (Å²) in [5.41, 5.74) is 7.61. The molecular weight excluding hydrogens is 398 g/mol. The second-order valence-corrected chi connectivity index (χ2v) is 7.74. The van der Waals surface area contributed by atoms with Gasteiger partial charge in [0.2, 0.25) is 0 Å². The average Bonchev–Trinajstić information content (AvgIpc) is 3.02. The normalized spacial score (nSPS) is 13.5. The average molecular weight is 422 g/mol. The number of aromatic nitrogens is 2. The summed E-state index contributed by atoms with van der Waals surface area (Å²) in [6.07, 6.45) is 3.66. The number of nitrogens with zero attached hydrogens (tertiary/aromatic N) is 4. The number of nitrogens with one attached hydrogen (secondary N) is 1. The third kappa shape index (κ3) is 4.54. The van der Waals surface area contributed by atoms with Crippen molar-refractivity contribution < 1.29 is 4.79 Å². The zero-order valence-corrected chi connectivity index (χ0v) is 17.6. The van der Waals surface area contributed by atoms with Crippen molar-refractivity contribution in [2.75, 3.05) is 18.0 Å². The number of hydrazone groups is 1. The third-order valence-electron chi connectivity index (χ3n) is 5.21. The Kier molecular flexibility index (Phi) is 6.14. The van der Waals surface area contributed by atoms with Gasteiger partial charge in [-0.05, 0) is 37.0 Å². The van der Waals surface area contributed by atoms with Gasteiger partial charge in [0.1, 0.15) is 5.15 Å². The van der Waals surface area contributed by atoms with Crippen molar-refractivity contribution in [3.8, 4) is 0 Å². The molecule has 0 fully saturated rings. The van der Waals surface area contributed by atoms with Crippen LogP contribution in [-0.2, 0) is 17.8 Å². The predicted octanol–water partition coefficient (Wildman–Crippen LogP) is 3.80. The van der Waals surface area contributed by atoms with Gasteiger partial charge in [0.15, 0.2) is 0 Å². The summed E-state index contributed by atoms with van der Waals surface area (Å²) in [7, 11) is 0. The molecule has 0 saturated heterocycles. The number of fused-ring (bicyclic) bond motifs is 1. The van der Waals surface area contributed by atoms with E-state index in [1.54, 1.807) is 10.9 Å². The van der Waals surface area contributed by atoms with Gasteiger partial charge in [-0.1, -0.05) is 60.1 Å². The molecule has 3 aromatic rings. The van der Waals surface area contributed by atoms with Crippen molar-refractivity contribution in [2.45, 2.75) is 26.3 Å². The van der Waals surface area contributed by atoms with Gasteiger partial charge in [-0.2, -0.15) is 10.2 Å². The Hall–Kier alpha value is -3.12. The van der Waals surface area contributed by atoms with Crippen molar-refractivity contribution in [1.29, 1.82) is 0 Å². The lowest BCUT2D eigenvalue weighted by Gasteiger charge is -2.30. The summed E-state index contributed by atoms with van der Waals surface area (Å²) >= 11 is 6.49. The number of anilines is 1. The fourth-order valence-corrected chi connectivity index (χ4v) is 4.01. The van der Waals surface area contributed by atoms with E-state index in [0.717, 1.165) is 36.3 Å². The van der Waals surface area contributed by atoms with Crippen molar-refractivity contribution in [3.05, 3.63) is 82.1 Å². The zero-order valence-electron chi connectivity index (χ0n) is 16.9. The molecule has 1 aromatic heterocycles. The quantitative estimate of drug-likeness (QED) is 0.486. The maximum absolute atomic E-state index is 12.4. The Labute approximate surface area is 181 Å². The van der Waals surface area contributed by atoms with E-state index in [0.29, 0.717) is 17.3 Å². The number of amides is 1. The zero-order chi connectivity index (χ0) is 20.9. The smallest absolute Gasteiger partial charge is 0.259 e. The highest BCUT2D eigenvalue weighted by atomic mass is 35.5. The first-order valence-electron chi connectivity index (χ1n) is 10.0. The van der Waals surface area contributed by atoms with Crippen LogP contribution in [0.2, 0.25) is 5.15 Å². The molecule has 4 rings (SSSR count). The molecule has 154 valence electrons. The van der Waals surface area contributed by atoms with E-state index in [2.05, 4.69) is 32.7 Å². The monoisotopic (exact) mass is 421 g/mol. The maximum Gasteiger partial charge on any atom is 0.259 e. The molecule has 2 heterocycles. The number of aryl methyl sites for hydroxylation is 2. The van der Waals surface area contributed by atoms with Gasteiger partial charge in [0, 0.05) is 12.2 Å². The van der Waals surface area contributed by atoms with Gasteiger partial charge >= 0.3 is 0 Å². The molecule has 1 aliphatic rings. The van der Waals surface area contributed by atoms with Crippen LogP contribution in [-0.4, -0.2) is 35.0 Å². The minimum atomic E-state index is -0.159. The molecule has 30 heavy (non-hydrogen) atoms. The number of rotatable bonds is 6. The van der Waals surface area contributed by atoms with Gasteiger partial charge in [0.25, 0.3) is 5.91 Å². The van der Waals surface area contributed by atoms with Crippen molar-refractivity contribution >= 4 is 29.4 Å². The molecule has 1 N–H and O–H groups in total. The first kappa shape index (κ1) is 20.2. The SMILES string of the molecule is Cc1nn(Cc2ccccc2)c(Cl)c1/C=N/NC(=O)CN1CCCc2ccccc21. The lowest BCUT2D eigenvalue weighted by molar-refractivity contribution is -0.119. The number of para-hydroxylation sites is 1. The Morgan fingerprint density at radius 3 is 2.80 bits per heavy atom. The Morgan fingerprint density at radius 1 is 1.20 bits per heavy atom. The lowest BCUT2D eigenvalue weighted by atomic mass is 10.0. The number of carbonyl (C=O) groups excluding carboxylic acids is 1. The minimum absolute atomic E-state index is 0.159. The molecule has 0 aliphatic carbocycles. The van der Waals surface area contributed by atoms with E-state index >= 15 is 0 Å². The van der Waals surface area contributed by atoms with Crippen LogP contribution in [0.5, 0.6) is 0 Å². The van der Waals surface area contributed by atoms with Crippen LogP contribution in [0.3, 0.4) is 0 Å². The van der Waals surface area contributed by atoms with E-state index in [4.69, 9.17) is 11.6 Å². The highest BCUT2D eigenvalue weighted by Gasteiger charge is 2.18. The minimum Gasteiger partial charge on any atom is -0.362 e. The van der Waals surface area contributed by atoms with Crippen molar-refractivity contribution in [1.82, 2.24) is 15.2 Å². The predicted molar refractivity (Wildman–Crippen MR) is 120 cm³/mol. The van der Waals surface area contributed by atoms with E-state index in [9.17, 15) is 4.79 Å². The number of carbonyl (C=O) groups is 1. The van der Waals surface area contributed by atoms with Crippen LogP contribution in [0.25, 0.3) is 0 Å². The van der Waals surface area contributed by atoms with Gasteiger partial charge in [-0.25, -0.2) is 10.1 Å². The highest BCUT2D eigenvalue weighted by Crippen LogP contribution is 2.26. The molecule has 1 aliphatic heterocycles. The van der Waals surface area contributed by atoms with E-state index in [1.165, 1.54) is 5.56 Å². The fourth-order valence-electron chi connectivity index (χ4n) is 3.73. The van der Waals surface area contributed by atoms with Crippen molar-refractivity contribution in [3.63, 3.8) is 0 Å². The molecule has 2 aromatic carbocycles. The molecule has 1 amide bonds. The topological polar surface area (TPSA) is 62.5 Å². The summed E-state index contributed by atoms with van der Waals surface area (Å²) in [6.45, 7) is 3.59. The summed E-state index contributed by atoms with van der Waals surface area (Å²) in [5.74, 6) is -0.159. The second-order valence-electron chi connectivity index (χ2n) is 7.38. The lowest BCUT2D eigenvalue weighted by Crippen LogP contribution is -2.38. The number of benzene rings is 2. The van der Waals surface area contributed by atoms with Crippen LogP contribution in [0.15, 0.2) is 59.7 Å². The van der Waals surface area contributed by atoms with Gasteiger partial charge in [0.05, 0.1) is 30.6 Å². The summed E-state index contributed by atoms with van der Waals surface area (Å²) in [6, 6.07) is 18.2. The Balaban J connectivity index is 1.38. The first-order valence-corrected chi connectivity index (χ1v) is 10.4. The number of hydrogen-bond donors (Lipinski definition) is 1. The first-order chi connectivity index (χ1) is 14.6. The third-order valence-corrected chi connectivity index (χ3v) is 5.61. The largest absolute Gasteiger partial charge is 0.362 e. The molecule has 0 unspecified atom stereocenters. The fraction of sp³-hybridized carbons (Fsp3) is 0.261. The van der Waals surface area contributed by atoms with Crippen molar-refractivity contribution in [2.24, 2.45) is 5.10 Å². The molecule has 0 saturated carbocycles. The highest BCUT2D eigenvalue weighted by molar-refractivity contribution is 6.32. The summed E-state index contributed by atoms with van der Waals surface area (Å²) < 4.78 is 1.74. The molecule has 6 nitrogen and oxygen atoms in total. The Bertz CT molecular complexity index is 1060. The van der Waals surface area contributed by atoms with Gasteiger partial charge in [-0.15, -0.1) is 0 Å². The van der Waals surface area contributed by atoms with E-state index in [1.807, 2.05) is 49.4 Å².